The van der Waals surface area contributed by atoms with Gasteiger partial charge in [-0.1, -0.05) is 79.1 Å². The molecule has 4 aliphatic rings. The molecule has 25 heavy (non-hydrogen) atoms. The highest BCUT2D eigenvalue weighted by Gasteiger charge is 2.74. The fraction of sp³-hybridized carbons (Fsp3) is 1.00. The first-order chi connectivity index (χ1) is 12.0. The molecular formula is C25H44. The highest BCUT2D eigenvalue weighted by molar-refractivity contribution is 5.22. The molecule has 0 spiro atoms. The third kappa shape index (κ3) is 2.30. The molecular weight excluding hydrogens is 300 g/mol. The molecule has 0 aliphatic heterocycles. The SMILES string of the molecule is CCC12CC(CC1C1CCCCC1)C(C)(C)C2(CC)C1CCCCC1. The molecule has 0 aromatic heterocycles. The maximum Gasteiger partial charge on any atom is -0.0159 e. The standard InChI is InChI=1S/C25H44/c1-5-24-18-21(17-22(24)19-13-9-7-10-14-19)23(3,4)25(24,6-2)20-15-11-8-12-16-20/h19-22H,5-18H2,1-4H3. The Balaban J connectivity index is 1.76. The van der Waals surface area contributed by atoms with Gasteiger partial charge in [0.1, 0.15) is 0 Å². The summed E-state index contributed by atoms with van der Waals surface area (Å²) in [4.78, 5) is 0. The average molecular weight is 345 g/mol. The van der Waals surface area contributed by atoms with E-state index in [2.05, 4.69) is 27.7 Å². The van der Waals surface area contributed by atoms with E-state index in [1.165, 1.54) is 51.4 Å². The summed E-state index contributed by atoms with van der Waals surface area (Å²) in [5.74, 6) is 4.18. The van der Waals surface area contributed by atoms with Crippen molar-refractivity contribution in [2.75, 3.05) is 0 Å². The van der Waals surface area contributed by atoms with Crippen molar-refractivity contribution in [1.82, 2.24) is 0 Å². The van der Waals surface area contributed by atoms with Gasteiger partial charge in [-0.25, -0.2) is 0 Å². The molecule has 0 N–H and O–H groups in total. The van der Waals surface area contributed by atoms with Crippen molar-refractivity contribution in [2.24, 2.45) is 39.9 Å². The fourth-order valence-corrected chi connectivity index (χ4v) is 9.80. The smallest absolute Gasteiger partial charge is 0.0159 e. The van der Waals surface area contributed by atoms with Crippen molar-refractivity contribution < 1.29 is 0 Å². The van der Waals surface area contributed by atoms with Gasteiger partial charge in [-0.2, -0.15) is 0 Å². The summed E-state index contributed by atoms with van der Waals surface area (Å²) in [6.07, 6.45) is 21.4. The van der Waals surface area contributed by atoms with Gasteiger partial charge in [0.05, 0.1) is 0 Å². The first-order valence-corrected chi connectivity index (χ1v) is 12.0. The molecule has 4 fully saturated rings. The molecule has 4 rings (SSSR count). The van der Waals surface area contributed by atoms with Crippen LogP contribution < -0.4 is 0 Å². The summed E-state index contributed by atoms with van der Waals surface area (Å²) < 4.78 is 0. The van der Waals surface area contributed by atoms with Gasteiger partial charge in [0, 0.05) is 0 Å². The molecule has 4 unspecified atom stereocenters. The van der Waals surface area contributed by atoms with E-state index in [4.69, 9.17) is 0 Å². The van der Waals surface area contributed by atoms with E-state index < -0.39 is 0 Å². The van der Waals surface area contributed by atoms with Crippen LogP contribution in [0.2, 0.25) is 0 Å². The summed E-state index contributed by atoms with van der Waals surface area (Å²) in [5, 5.41) is 0. The lowest BCUT2D eigenvalue weighted by molar-refractivity contribution is -0.158. The summed E-state index contributed by atoms with van der Waals surface area (Å²) in [5.41, 5.74) is 1.89. The minimum absolute atomic E-state index is 0.574. The molecule has 0 aromatic rings. The Bertz CT molecular complexity index is 464. The Morgan fingerprint density at radius 1 is 0.720 bits per heavy atom. The second-order valence-electron chi connectivity index (χ2n) is 11.0. The second kappa shape index (κ2) is 6.56. The maximum atomic E-state index is 2.71. The number of hydrogen-bond donors (Lipinski definition) is 0. The van der Waals surface area contributed by atoms with Crippen LogP contribution in [0.1, 0.15) is 118 Å². The summed E-state index contributed by atoms with van der Waals surface area (Å²) >= 11 is 0. The average Bonchev–Trinajstić information content (AvgIpc) is 3.14. The van der Waals surface area contributed by atoms with Crippen molar-refractivity contribution in [3.8, 4) is 0 Å². The molecule has 0 heterocycles. The monoisotopic (exact) mass is 344 g/mol. The van der Waals surface area contributed by atoms with Gasteiger partial charge in [-0.15, -0.1) is 0 Å². The quantitative estimate of drug-likeness (QED) is 0.484. The zero-order chi connectivity index (χ0) is 17.7. The Kier molecular flexibility index (Phi) is 4.82. The van der Waals surface area contributed by atoms with Crippen LogP contribution >= 0.6 is 0 Å². The van der Waals surface area contributed by atoms with Crippen LogP contribution in [0.4, 0.5) is 0 Å². The van der Waals surface area contributed by atoms with Crippen molar-refractivity contribution in [1.29, 1.82) is 0 Å². The van der Waals surface area contributed by atoms with E-state index >= 15 is 0 Å². The van der Waals surface area contributed by atoms with Crippen molar-refractivity contribution in [3.05, 3.63) is 0 Å². The lowest BCUT2D eigenvalue weighted by Gasteiger charge is -2.64. The van der Waals surface area contributed by atoms with E-state index in [1.807, 2.05) is 0 Å². The fourth-order valence-electron chi connectivity index (χ4n) is 9.80. The third-order valence-corrected chi connectivity index (χ3v) is 10.6. The van der Waals surface area contributed by atoms with Crippen LogP contribution in [-0.2, 0) is 0 Å². The number of hydrogen-bond acceptors (Lipinski definition) is 0. The number of fused-ring (bicyclic) bond motifs is 2. The van der Waals surface area contributed by atoms with E-state index in [1.54, 1.807) is 38.5 Å². The van der Waals surface area contributed by atoms with Gasteiger partial charge < -0.3 is 0 Å². The Labute approximate surface area is 157 Å². The topological polar surface area (TPSA) is 0 Å². The highest BCUT2D eigenvalue weighted by Crippen LogP contribution is 2.81. The summed E-state index contributed by atoms with van der Waals surface area (Å²) in [6, 6.07) is 0. The van der Waals surface area contributed by atoms with Gasteiger partial charge in [-0.3, -0.25) is 0 Å². The minimum atomic E-state index is 0.574. The van der Waals surface area contributed by atoms with E-state index in [-0.39, 0.29) is 0 Å². The molecule has 0 aromatic carbocycles. The Hall–Kier alpha value is 0. The van der Waals surface area contributed by atoms with Gasteiger partial charge >= 0.3 is 0 Å². The molecule has 0 saturated heterocycles. The van der Waals surface area contributed by atoms with Crippen molar-refractivity contribution >= 4 is 0 Å². The molecule has 0 amide bonds. The van der Waals surface area contributed by atoms with Crippen LogP contribution in [-0.4, -0.2) is 0 Å². The lowest BCUT2D eigenvalue weighted by atomic mass is 9.40. The molecule has 0 heteroatoms. The first kappa shape index (κ1) is 18.4. The molecule has 4 atom stereocenters. The molecule has 144 valence electrons. The second-order valence-corrected chi connectivity index (χ2v) is 11.0. The van der Waals surface area contributed by atoms with Crippen LogP contribution in [0.3, 0.4) is 0 Å². The Morgan fingerprint density at radius 2 is 1.32 bits per heavy atom. The predicted octanol–water partition coefficient (Wildman–Crippen LogP) is 8.01. The normalized spacial score (nSPS) is 45.1. The molecule has 2 bridgehead atoms. The van der Waals surface area contributed by atoms with Crippen LogP contribution in [0.15, 0.2) is 0 Å². The summed E-state index contributed by atoms with van der Waals surface area (Å²) in [6.45, 7) is 10.6. The van der Waals surface area contributed by atoms with Crippen LogP contribution in [0, 0.1) is 39.9 Å². The van der Waals surface area contributed by atoms with Gasteiger partial charge in [0.2, 0.25) is 0 Å². The zero-order valence-corrected chi connectivity index (χ0v) is 17.7. The molecule has 0 radical (unpaired) electrons. The maximum absolute atomic E-state index is 2.71. The molecule has 4 saturated carbocycles. The molecule has 0 nitrogen and oxygen atoms in total. The minimum Gasteiger partial charge on any atom is -0.0648 e. The van der Waals surface area contributed by atoms with E-state index in [9.17, 15) is 0 Å². The lowest BCUT2D eigenvalue weighted by Crippen LogP contribution is -2.57. The first-order valence-electron chi connectivity index (χ1n) is 12.0. The number of rotatable bonds is 4. The highest BCUT2D eigenvalue weighted by atomic mass is 14.8. The van der Waals surface area contributed by atoms with Gasteiger partial charge in [0.15, 0.2) is 0 Å². The van der Waals surface area contributed by atoms with Crippen LogP contribution in [0.25, 0.3) is 0 Å². The van der Waals surface area contributed by atoms with Crippen LogP contribution in [0.5, 0.6) is 0 Å². The van der Waals surface area contributed by atoms with E-state index in [0.717, 1.165) is 23.7 Å². The predicted molar refractivity (Wildman–Crippen MR) is 109 cm³/mol. The van der Waals surface area contributed by atoms with Gasteiger partial charge in [0.25, 0.3) is 0 Å². The van der Waals surface area contributed by atoms with Crippen molar-refractivity contribution in [2.45, 2.75) is 118 Å². The molecule has 4 aliphatic carbocycles. The largest absolute Gasteiger partial charge is 0.0648 e. The summed E-state index contributed by atoms with van der Waals surface area (Å²) in [7, 11) is 0. The third-order valence-electron chi connectivity index (χ3n) is 10.6. The van der Waals surface area contributed by atoms with E-state index in [0.29, 0.717) is 16.2 Å². The Morgan fingerprint density at radius 3 is 1.88 bits per heavy atom. The van der Waals surface area contributed by atoms with Crippen molar-refractivity contribution in [3.63, 3.8) is 0 Å². The van der Waals surface area contributed by atoms with Gasteiger partial charge in [-0.05, 0) is 78.4 Å². The zero-order valence-electron chi connectivity index (χ0n) is 17.7.